The molecule has 0 aliphatic carbocycles. The molecule has 6 nitrogen and oxygen atoms in total. The maximum absolute atomic E-state index is 8.97. The van der Waals surface area contributed by atoms with Crippen molar-refractivity contribution in [1.29, 1.82) is 0 Å². The van der Waals surface area contributed by atoms with E-state index in [1.165, 1.54) is 6.42 Å². The van der Waals surface area contributed by atoms with Crippen LogP contribution in [0.3, 0.4) is 0 Å². The van der Waals surface area contributed by atoms with E-state index in [2.05, 4.69) is 15.3 Å². The second kappa shape index (κ2) is 8.27. The molecule has 100 valence electrons. The molecule has 1 aliphatic heterocycles. The van der Waals surface area contributed by atoms with Crippen molar-refractivity contribution in [3.63, 3.8) is 0 Å². The summed E-state index contributed by atoms with van der Waals surface area (Å²) in [5.41, 5.74) is 2.65. The highest BCUT2D eigenvalue weighted by molar-refractivity contribution is 5.79. The predicted octanol–water partition coefficient (Wildman–Crippen LogP) is -0.453. The maximum Gasteiger partial charge on any atom is 0.208 e. The summed E-state index contributed by atoms with van der Waals surface area (Å²) in [7, 11) is 1.66. The third-order valence-corrected chi connectivity index (χ3v) is 3.04. The van der Waals surface area contributed by atoms with Gasteiger partial charge in [-0.25, -0.2) is 10.8 Å². The van der Waals surface area contributed by atoms with E-state index < -0.39 is 0 Å². The lowest BCUT2D eigenvalue weighted by Gasteiger charge is -2.34. The van der Waals surface area contributed by atoms with E-state index in [9.17, 15) is 0 Å². The highest BCUT2D eigenvalue weighted by Crippen LogP contribution is 2.19. The Morgan fingerprint density at radius 1 is 1.65 bits per heavy atom. The predicted molar refractivity (Wildman–Crippen MR) is 67.5 cm³/mol. The highest BCUT2D eigenvalue weighted by Gasteiger charge is 2.21. The average molecular weight is 244 g/mol. The number of rotatable bonds is 5. The van der Waals surface area contributed by atoms with Crippen molar-refractivity contribution >= 4 is 5.96 Å². The highest BCUT2D eigenvalue weighted by atomic mass is 16.5. The zero-order valence-corrected chi connectivity index (χ0v) is 10.6. The molecule has 0 aromatic rings. The minimum absolute atomic E-state index is 0.255. The number of piperidine rings is 1. The van der Waals surface area contributed by atoms with E-state index >= 15 is 0 Å². The van der Waals surface area contributed by atoms with Crippen molar-refractivity contribution in [3.8, 4) is 0 Å². The van der Waals surface area contributed by atoms with Crippen LogP contribution in [-0.4, -0.2) is 55.9 Å². The number of methoxy groups -OCH3 is 1. The Balaban J connectivity index is 2.47. The fourth-order valence-electron chi connectivity index (χ4n) is 2.16. The minimum atomic E-state index is 0.255. The number of aliphatic hydroxyl groups excluding tert-OH is 1. The van der Waals surface area contributed by atoms with E-state index in [0.29, 0.717) is 19.1 Å². The van der Waals surface area contributed by atoms with Gasteiger partial charge in [0.1, 0.15) is 0 Å². The van der Waals surface area contributed by atoms with Gasteiger partial charge in [0.15, 0.2) is 0 Å². The van der Waals surface area contributed by atoms with Crippen molar-refractivity contribution in [1.82, 2.24) is 10.3 Å². The molecule has 0 aromatic heterocycles. The zero-order chi connectivity index (χ0) is 12.5. The number of aliphatic hydroxyl groups is 1. The third kappa shape index (κ3) is 4.89. The fraction of sp³-hybridized carbons (Fsp3) is 0.909. The smallest absolute Gasteiger partial charge is 0.208 e. The van der Waals surface area contributed by atoms with Crippen LogP contribution in [0.4, 0.5) is 0 Å². The molecule has 1 fully saturated rings. The average Bonchev–Trinajstić information content (AvgIpc) is 2.35. The summed E-state index contributed by atoms with van der Waals surface area (Å²) >= 11 is 0. The number of nitrogens with one attached hydrogen (secondary N) is 1. The molecule has 1 heterocycles. The summed E-state index contributed by atoms with van der Waals surface area (Å²) in [6.45, 7) is 3.34. The minimum Gasteiger partial charge on any atom is -0.396 e. The van der Waals surface area contributed by atoms with Gasteiger partial charge in [-0.15, -0.1) is 0 Å². The second-order valence-electron chi connectivity index (χ2n) is 4.31. The van der Waals surface area contributed by atoms with Gasteiger partial charge in [0.25, 0.3) is 0 Å². The van der Waals surface area contributed by atoms with Crippen LogP contribution in [-0.2, 0) is 4.74 Å². The van der Waals surface area contributed by atoms with E-state index in [1.54, 1.807) is 7.11 Å². The van der Waals surface area contributed by atoms with Crippen LogP contribution < -0.4 is 11.3 Å². The van der Waals surface area contributed by atoms with Crippen molar-refractivity contribution < 1.29 is 9.84 Å². The molecule has 0 saturated carbocycles. The monoisotopic (exact) mass is 244 g/mol. The first-order valence-electron chi connectivity index (χ1n) is 6.17. The van der Waals surface area contributed by atoms with Crippen molar-refractivity contribution in [2.24, 2.45) is 16.8 Å². The number of nitrogens with zero attached hydrogens (tertiary/aromatic N) is 2. The summed E-state index contributed by atoms with van der Waals surface area (Å²) in [5.74, 6) is 6.76. The third-order valence-electron chi connectivity index (χ3n) is 3.04. The molecule has 0 aromatic carbocycles. The standard InChI is InChI=1S/C11H24N4O2/c1-17-8-5-13-11(14-12)15-6-2-3-10(9-15)4-7-16/h10,16H,2-9,12H2,1H3,(H,13,14). The van der Waals surface area contributed by atoms with Gasteiger partial charge < -0.3 is 14.7 Å². The Labute approximate surface area is 103 Å². The Morgan fingerprint density at radius 3 is 3.12 bits per heavy atom. The first kappa shape index (κ1) is 14.2. The fourth-order valence-corrected chi connectivity index (χ4v) is 2.16. The molecule has 0 amide bonds. The molecule has 17 heavy (non-hydrogen) atoms. The lowest BCUT2D eigenvalue weighted by Crippen LogP contribution is -2.49. The lowest BCUT2D eigenvalue weighted by atomic mass is 9.95. The van der Waals surface area contributed by atoms with E-state index in [4.69, 9.17) is 15.7 Å². The Bertz CT molecular complexity index is 234. The summed E-state index contributed by atoms with van der Waals surface area (Å²) < 4.78 is 4.96. The molecule has 1 aliphatic rings. The van der Waals surface area contributed by atoms with Crippen LogP contribution in [0.15, 0.2) is 4.99 Å². The van der Waals surface area contributed by atoms with Gasteiger partial charge in [-0.3, -0.25) is 5.43 Å². The molecule has 0 bridgehead atoms. The Morgan fingerprint density at radius 2 is 2.47 bits per heavy atom. The second-order valence-corrected chi connectivity index (χ2v) is 4.31. The topological polar surface area (TPSA) is 83.1 Å². The van der Waals surface area contributed by atoms with Crippen molar-refractivity contribution in [2.45, 2.75) is 19.3 Å². The van der Waals surface area contributed by atoms with Crippen LogP contribution in [0, 0.1) is 5.92 Å². The van der Waals surface area contributed by atoms with Crippen LogP contribution in [0.5, 0.6) is 0 Å². The van der Waals surface area contributed by atoms with Gasteiger partial charge in [-0.05, 0) is 25.2 Å². The molecule has 6 heteroatoms. The number of aliphatic imine (C=N–C) groups is 1. The van der Waals surface area contributed by atoms with Crippen LogP contribution in [0.1, 0.15) is 19.3 Å². The van der Waals surface area contributed by atoms with Crippen LogP contribution in [0.2, 0.25) is 0 Å². The van der Waals surface area contributed by atoms with Gasteiger partial charge in [-0.2, -0.15) is 0 Å². The van der Waals surface area contributed by atoms with Crippen molar-refractivity contribution in [3.05, 3.63) is 0 Å². The van der Waals surface area contributed by atoms with Gasteiger partial charge in [0, 0.05) is 26.8 Å². The number of ether oxygens (including phenoxy) is 1. The summed E-state index contributed by atoms with van der Waals surface area (Å²) in [6, 6.07) is 0. The molecule has 1 atom stereocenters. The SMILES string of the molecule is COCCN=C(NN)N1CCCC(CCO)C1. The van der Waals surface area contributed by atoms with E-state index in [0.717, 1.165) is 31.9 Å². The van der Waals surface area contributed by atoms with Crippen molar-refractivity contribution in [2.75, 3.05) is 40.0 Å². The summed E-state index contributed by atoms with van der Waals surface area (Å²) in [6.07, 6.45) is 3.15. The molecule has 0 spiro atoms. The molecule has 1 rings (SSSR count). The van der Waals surface area contributed by atoms with Gasteiger partial charge in [-0.1, -0.05) is 0 Å². The Hall–Kier alpha value is -0.850. The van der Waals surface area contributed by atoms with Crippen LogP contribution >= 0.6 is 0 Å². The maximum atomic E-state index is 8.97. The number of guanidine groups is 1. The molecular formula is C11H24N4O2. The number of likely N-dealkylation sites (tertiary alicyclic amines) is 1. The number of hydrazine groups is 1. The first-order valence-corrected chi connectivity index (χ1v) is 6.17. The zero-order valence-electron chi connectivity index (χ0n) is 10.6. The summed E-state index contributed by atoms with van der Waals surface area (Å²) in [5, 5.41) is 8.97. The van der Waals surface area contributed by atoms with Gasteiger partial charge in [0.2, 0.25) is 5.96 Å². The quantitative estimate of drug-likeness (QED) is 0.200. The molecule has 1 saturated heterocycles. The number of nitrogens with two attached hydrogens (primary N) is 1. The molecule has 4 N–H and O–H groups in total. The van der Waals surface area contributed by atoms with Crippen LogP contribution in [0.25, 0.3) is 0 Å². The van der Waals surface area contributed by atoms with E-state index in [-0.39, 0.29) is 6.61 Å². The van der Waals surface area contributed by atoms with Gasteiger partial charge in [0.05, 0.1) is 13.2 Å². The first-order chi connectivity index (χ1) is 8.31. The molecule has 1 unspecified atom stereocenters. The number of hydrogen-bond acceptors (Lipinski definition) is 4. The Kier molecular flexibility index (Phi) is 6.91. The molecular weight excluding hydrogens is 220 g/mol. The normalized spacial score (nSPS) is 21.7. The summed E-state index contributed by atoms with van der Waals surface area (Å²) in [4.78, 5) is 6.52. The largest absolute Gasteiger partial charge is 0.396 e. The molecule has 0 radical (unpaired) electrons. The number of hydrogen-bond donors (Lipinski definition) is 3. The van der Waals surface area contributed by atoms with Gasteiger partial charge >= 0.3 is 0 Å². The van der Waals surface area contributed by atoms with E-state index in [1.807, 2.05) is 0 Å². The lowest BCUT2D eigenvalue weighted by molar-refractivity contribution is 0.193.